The molecule has 0 aliphatic rings. The molecule has 0 radical (unpaired) electrons. The highest BCUT2D eigenvalue weighted by molar-refractivity contribution is 5.65. The number of nitrogens with zero attached hydrogens (tertiary/aromatic N) is 1. The lowest BCUT2D eigenvalue weighted by atomic mass is 10.1. The number of para-hydroxylation sites is 1. The number of nitrogens with one attached hydrogen (secondary N) is 1. The maximum absolute atomic E-state index is 10.8. The normalized spacial score (nSPS) is 12.2. The smallest absolute Gasteiger partial charge is 0.295 e. The lowest BCUT2D eigenvalue weighted by Gasteiger charge is -2.13. The maximum Gasteiger partial charge on any atom is 0.295 e. The van der Waals surface area contributed by atoms with E-state index in [2.05, 4.69) is 5.32 Å². The van der Waals surface area contributed by atoms with Crippen LogP contribution in [0.2, 0.25) is 0 Å². The second-order valence-electron chi connectivity index (χ2n) is 3.46. The van der Waals surface area contributed by atoms with Crippen LogP contribution in [0.1, 0.15) is 12.5 Å². The fourth-order valence-corrected chi connectivity index (χ4v) is 1.33. The zero-order chi connectivity index (χ0) is 11.4. The molecule has 0 heterocycles. The van der Waals surface area contributed by atoms with E-state index < -0.39 is 4.92 Å². The first-order valence-corrected chi connectivity index (χ1v) is 4.67. The van der Waals surface area contributed by atoms with Crippen LogP contribution in [0, 0.1) is 17.0 Å². The zero-order valence-electron chi connectivity index (χ0n) is 8.73. The molecular weight excluding hydrogens is 196 g/mol. The molecule has 2 N–H and O–H groups in total. The second kappa shape index (κ2) is 4.75. The van der Waals surface area contributed by atoms with Crippen molar-refractivity contribution in [2.24, 2.45) is 0 Å². The SMILES string of the molecule is Cc1cccc(NC(C)CO)c1[N+](=O)[O-]. The summed E-state index contributed by atoms with van der Waals surface area (Å²) in [7, 11) is 0. The minimum Gasteiger partial charge on any atom is -0.394 e. The lowest BCUT2D eigenvalue weighted by Crippen LogP contribution is -2.20. The second-order valence-corrected chi connectivity index (χ2v) is 3.46. The minimum atomic E-state index is -0.415. The van der Waals surface area contributed by atoms with E-state index in [1.807, 2.05) is 0 Å². The quantitative estimate of drug-likeness (QED) is 0.585. The van der Waals surface area contributed by atoms with Gasteiger partial charge in [-0.05, 0) is 19.9 Å². The van der Waals surface area contributed by atoms with E-state index in [4.69, 9.17) is 5.11 Å². The molecule has 1 aromatic carbocycles. The van der Waals surface area contributed by atoms with Gasteiger partial charge in [0, 0.05) is 11.6 Å². The Balaban J connectivity index is 3.06. The topological polar surface area (TPSA) is 75.4 Å². The summed E-state index contributed by atoms with van der Waals surface area (Å²) in [6, 6.07) is 4.87. The molecule has 0 spiro atoms. The van der Waals surface area contributed by atoms with Crippen LogP contribution in [0.3, 0.4) is 0 Å². The number of benzene rings is 1. The van der Waals surface area contributed by atoms with Gasteiger partial charge in [-0.2, -0.15) is 0 Å². The molecule has 0 saturated heterocycles. The number of hydrogen-bond acceptors (Lipinski definition) is 4. The van der Waals surface area contributed by atoms with Crippen LogP contribution in [0.25, 0.3) is 0 Å². The third kappa shape index (κ3) is 2.66. The Bertz CT molecular complexity index is 366. The number of aryl methyl sites for hydroxylation is 1. The van der Waals surface area contributed by atoms with Gasteiger partial charge in [0.15, 0.2) is 0 Å². The molecule has 1 atom stereocenters. The Morgan fingerprint density at radius 2 is 2.27 bits per heavy atom. The highest BCUT2D eigenvalue weighted by atomic mass is 16.6. The molecule has 0 saturated carbocycles. The molecule has 0 aliphatic carbocycles. The van der Waals surface area contributed by atoms with Gasteiger partial charge in [-0.25, -0.2) is 0 Å². The van der Waals surface area contributed by atoms with Gasteiger partial charge in [-0.3, -0.25) is 10.1 Å². The number of anilines is 1. The Hall–Kier alpha value is -1.62. The van der Waals surface area contributed by atoms with Crippen LogP contribution >= 0.6 is 0 Å². The van der Waals surface area contributed by atoms with Crippen LogP contribution in [0.5, 0.6) is 0 Å². The van der Waals surface area contributed by atoms with Crippen molar-refractivity contribution in [2.45, 2.75) is 19.9 Å². The average Bonchev–Trinajstić information content (AvgIpc) is 2.17. The van der Waals surface area contributed by atoms with E-state index in [0.717, 1.165) is 0 Å². The summed E-state index contributed by atoms with van der Waals surface area (Å²) >= 11 is 0. The van der Waals surface area contributed by atoms with Crippen LogP contribution in [-0.4, -0.2) is 22.7 Å². The molecule has 1 rings (SSSR count). The van der Waals surface area contributed by atoms with Gasteiger partial charge in [0.1, 0.15) is 5.69 Å². The standard InChI is InChI=1S/C10H14N2O3/c1-7-4-3-5-9(10(7)12(14)15)11-8(2)6-13/h3-5,8,11,13H,6H2,1-2H3. The Kier molecular flexibility index (Phi) is 3.62. The fraction of sp³-hybridized carbons (Fsp3) is 0.400. The van der Waals surface area contributed by atoms with E-state index in [1.165, 1.54) is 0 Å². The van der Waals surface area contributed by atoms with E-state index in [-0.39, 0.29) is 18.3 Å². The van der Waals surface area contributed by atoms with E-state index in [0.29, 0.717) is 11.3 Å². The van der Waals surface area contributed by atoms with Gasteiger partial charge >= 0.3 is 0 Å². The first-order chi connectivity index (χ1) is 7.06. The Morgan fingerprint density at radius 3 is 2.80 bits per heavy atom. The molecule has 1 aromatic rings. The molecule has 5 nitrogen and oxygen atoms in total. The van der Waals surface area contributed by atoms with Gasteiger partial charge in [-0.1, -0.05) is 12.1 Å². The summed E-state index contributed by atoms with van der Waals surface area (Å²) in [5.74, 6) is 0. The number of nitro groups is 1. The Labute approximate surface area is 87.9 Å². The molecule has 0 bridgehead atoms. The van der Waals surface area contributed by atoms with Gasteiger partial charge < -0.3 is 10.4 Å². The van der Waals surface area contributed by atoms with Crippen LogP contribution in [0.4, 0.5) is 11.4 Å². The largest absolute Gasteiger partial charge is 0.394 e. The van der Waals surface area contributed by atoms with Gasteiger partial charge in [0.05, 0.1) is 11.5 Å². The first-order valence-electron chi connectivity index (χ1n) is 4.67. The Morgan fingerprint density at radius 1 is 1.60 bits per heavy atom. The number of nitro benzene ring substituents is 1. The molecule has 15 heavy (non-hydrogen) atoms. The van der Waals surface area contributed by atoms with Crippen molar-refractivity contribution in [3.05, 3.63) is 33.9 Å². The lowest BCUT2D eigenvalue weighted by molar-refractivity contribution is -0.384. The summed E-state index contributed by atoms with van der Waals surface area (Å²) in [5, 5.41) is 22.6. The third-order valence-corrected chi connectivity index (χ3v) is 2.10. The third-order valence-electron chi connectivity index (χ3n) is 2.10. The monoisotopic (exact) mass is 210 g/mol. The summed E-state index contributed by atoms with van der Waals surface area (Å²) in [6.07, 6.45) is 0. The van der Waals surface area contributed by atoms with Gasteiger partial charge in [0.25, 0.3) is 5.69 Å². The molecule has 0 fully saturated rings. The maximum atomic E-state index is 10.8. The van der Waals surface area contributed by atoms with Crippen molar-refractivity contribution in [3.63, 3.8) is 0 Å². The summed E-state index contributed by atoms with van der Waals surface area (Å²) < 4.78 is 0. The summed E-state index contributed by atoms with van der Waals surface area (Å²) in [4.78, 5) is 10.4. The van der Waals surface area contributed by atoms with Crippen LogP contribution < -0.4 is 5.32 Å². The van der Waals surface area contributed by atoms with E-state index in [9.17, 15) is 10.1 Å². The van der Waals surface area contributed by atoms with E-state index in [1.54, 1.807) is 32.0 Å². The minimum absolute atomic E-state index is 0.0644. The molecular formula is C10H14N2O3. The number of aliphatic hydroxyl groups excluding tert-OH is 1. The van der Waals surface area contributed by atoms with Crippen LogP contribution in [-0.2, 0) is 0 Å². The van der Waals surface area contributed by atoms with Crippen molar-refractivity contribution in [2.75, 3.05) is 11.9 Å². The predicted molar refractivity (Wildman–Crippen MR) is 58.0 cm³/mol. The van der Waals surface area contributed by atoms with Crippen molar-refractivity contribution in [3.8, 4) is 0 Å². The molecule has 0 amide bonds. The fourth-order valence-electron chi connectivity index (χ4n) is 1.33. The molecule has 0 aliphatic heterocycles. The van der Waals surface area contributed by atoms with E-state index >= 15 is 0 Å². The molecule has 1 unspecified atom stereocenters. The molecule has 0 aromatic heterocycles. The van der Waals surface area contributed by atoms with Crippen molar-refractivity contribution in [1.82, 2.24) is 0 Å². The van der Waals surface area contributed by atoms with Gasteiger partial charge in [0.2, 0.25) is 0 Å². The number of rotatable bonds is 4. The molecule has 82 valence electrons. The molecule has 5 heteroatoms. The van der Waals surface area contributed by atoms with Crippen LogP contribution in [0.15, 0.2) is 18.2 Å². The average molecular weight is 210 g/mol. The van der Waals surface area contributed by atoms with Gasteiger partial charge in [-0.15, -0.1) is 0 Å². The number of aliphatic hydroxyl groups is 1. The highest BCUT2D eigenvalue weighted by Gasteiger charge is 2.17. The zero-order valence-corrected chi connectivity index (χ0v) is 8.73. The predicted octanol–water partition coefficient (Wildman–Crippen LogP) is 1.70. The van der Waals surface area contributed by atoms with Crippen molar-refractivity contribution in [1.29, 1.82) is 0 Å². The van der Waals surface area contributed by atoms with Crippen molar-refractivity contribution >= 4 is 11.4 Å². The summed E-state index contributed by atoms with van der Waals surface area (Å²) in [5.41, 5.74) is 1.12. The number of hydrogen-bond donors (Lipinski definition) is 2. The van der Waals surface area contributed by atoms with Crippen molar-refractivity contribution < 1.29 is 10.0 Å². The first kappa shape index (κ1) is 11.5. The highest BCUT2D eigenvalue weighted by Crippen LogP contribution is 2.28. The summed E-state index contributed by atoms with van der Waals surface area (Å²) in [6.45, 7) is 3.38.